The fraction of sp³-hybridized carbons (Fsp3) is 0.667. The molecule has 0 radical (unpaired) electrons. The summed E-state index contributed by atoms with van der Waals surface area (Å²) >= 11 is 0. The number of rotatable bonds is 5. The Bertz CT molecular complexity index is 463. The Labute approximate surface area is 116 Å². The lowest BCUT2D eigenvalue weighted by molar-refractivity contribution is 0.394. The summed E-state index contributed by atoms with van der Waals surface area (Å²) < 4.78 is 0. The minimum absolute atomic E-state index is 0.820. The summed E-state index contributed by atoms with van der Waals surface area (Å²) in [6.45, 7) is 3.49. The van der Waals surface area contributed by atoms with Crippen molar-refractivity contribution in [3.63, 3.8) is 0 Å². The van der Waals surface area contributed by atoms with Crippen LogP contribution >= 0.6 is 0 Å². The van der Waals surface area contributed by atoms with E-state index < -0.39 is 0 Å². The van der Waals surface area contributed by atoms with E-state index in [9.17, 15) is 0 Å². The highest BCUT2D eigenvalue weighted by atomic mass is 15.0. The van der Waals surface area contributed by atoms with Gasteiger partial charge in [-0.3, -0.25) is 0 Å². The lowest BCUT2D eigenvalue weighted by Gasteiger charge is -2.18. The van der Waals surface area contributed by atoms with Crippen LogP contribution < -0.4 is 5.32 Å². The molecule has 3 aliphatic carbocycles. The number of hydrogen-bond donors (Lipinski definition) is 1. The number of benzene rings is 1. The monoisotopic (exact) mass is 255 g/mol. The van der Waals surface area contributed by atoms with Crippen LogP contribution in [0.15, 0.2) is 24.3 Å². The second kappa shape index (κ2) is 4.63. The third kappa shape index (κ3) is 2.03. The van der Waals surface area contributed by atoms with Crippen LogP contribution in [-0.4, -0.2) is 12.6 Å². The topological polar surface area (TPSA) is 12.0 Å². The molecule has 1 aromatic carbocycles. The Morgan fingerprint density at radius 2 is 2.05 bits per heavy atom. The fourth-order valence-corrected chi connectivity index (χ4v) is 4.49. The van der Waals surface area contributed by atoms with E-state index in [4.69, 9.17) is 0 Å². The number of hydrogen-bond acceptors (Lipinski definition) is 1. The molecule has 0 amide bonds. The van der Waals surface area contributed by atoms with Crippen LogP contribution in [0.5, 0.6) is 0 Å². The van der Waals surface area contributed by atoms with Gasteiger partial charge in [0.25, 0.3) is 0 Å². The van der Waals surface area contributed by atoms with Gasteiger partial charge in [0, 0.05) is 6.04 Å². The van der Waals surface area contributed by atoms with Crippen molar-refractivity contribution < 1.29 is 0 Å². The summed E-state index contributed by atoms with van der Waals surface area (Å²) in [5.41, 5.74) is 3.32. The highest BCUT2D eigenvalue weighted by molar-refractivity contribution is 5.40. The van der Waals surface area contributed by atoms with E-state index in [2.05, 4.69) is 36.5 Å². The van der Waals surface area contributed by atoms with Gasteiger partial charge in [-0.2, -0.15) is 0 Å². The first-order valence-electron chi connectivity index (χ1n) is 8.21. The predicted molar refractivity (Wildman–Crippen MR) is 79.3 cm³/mol. The van der Waals surface area contributed by atoms with Crippen molar-refractivity contribution in [2.75, 3.05) is 6.54 Å². The zero-order valence-electron chi connectivity index (χ0n) is 11.9. The third-order valence-corrected chi connectivity index (χ3v) is 5.57. The highest BCUT2D eigenvalue weighted by Crippen LogP contribution is 2.63. The second-order valence-electron chi connectivity index (χ2n) is 6.82. The van der Waals surface area contributed by atoms with Crippen LogP contribution in [0.3, 0.4) is 0 Å². The van der Waals surface area contributed by atoms with Crippen LogP contribution in [0.4, 0.5) is 0 Å². The summed E-state index contributed by atoms with van der Waals surface area (Å²) in [5.74, 6) is 3.82. The SMILES string of the molecule is CCCNC(C1CC1)C1C2CCc3ccccc3C21. The van der Waals surface area contributed by atoms with Crippen molar-refractivity contribution in [1.82, 2.24) is 5.32 Å². The minimum Gasteiger partial charge on any atom is -0.313 e. The Morgan fingerprint density at radius 1 is 1.21 bits per heavy atom. The molecule has 4 atom stereocenters. The van der Waals surface area contributed by atoms with Gasteiger partial charge < -0.3 is 5.32 Å². The molecule has 0 bridgehead atoms. The van der Waals surface area contributed by atoms with E-state index in [0.29, 0.717) is 0 Å². The molecule has 4 rings (SSSR count). The van der Waals surface area contributed by atoms with Crippen LogP contribution in [0, 0.1) is 17.8 Å². The Kier molecular flexibility index (Phi) is 2.91. The predicted octanol–water partition coefficient (Wildman–Crippen LogP) is 3.74. The average Bonchev–Trinajstić information content (AvgIpc) is 3.34. The number of aryl methyl sites for hydroxylation is 1. The van der Waals surface area contributed by atoms with Crippen molar-refractivity contribution in [2.24, 2.45) is 17.8 Å². The molecular weight excluding hydrogens is 230 g/mol. The van der Waals surface area contributed by atoms with Crippen molar-refractivity contribution in [2.45, 2.75) is 51.0 Å². The molecule has 0 heterocycles. The molecular formula is C18H25N. The third-order valence-electron chi connectivity index (χ3n) is 5.57. The zero-order chi connectivity index (χ0) is 12.8. The fourth-order valence-electron chi connectivity index (χ4n) is 4.49. The Hall–Kier alpha value is -0.820. The maximum atomic E-state index is 3.88. The van der Waals surface area contributed by atoms with Crippen LogP contribution in [0.1, 0.15) is 49.7 Å². The van der Waals surface area contributed by atoms with E-state index >= 15 is 0 Å². The smallest absolute Gasteiger partial charge is 0.0132 e. The highest BCUT2D eigenvalue weighted by Gasteiger charge is 2.58. The van der Waals surface area contributed by atoms with Gasteiger partial charge in [0.05, 0.1) is 0 Å². The van der Waals surface area contributed by atoms with Crippen LogP contribution in [0.25, 0.3) is 0 Å². The molecule has 1 nitrogen and oxygen atoms in total. The first-order chi connectivity index (χ1) is 9.40. The van der Waals surface area contributed by atoms with Gasteiger partial charge in [0.15, 0.2) is 0 Å². The standard InChI is InChI=1S/C18H25N/c1-2-11-19-18(13-7-8-13)17-15-10-9-12-5-3-4-6-14(12)16(15)17/h3-6,13,15-19H,2,7-11H2,1H3. The molecule has 0 aliphatic heterocycles. The zero-order valence-corrected chi connectivity index (χ0v) is 11.9. The molecule has 1 N–H and O–H groups in total. The largest absolute Gasteiger partial charge is 0.313 e. The Morgan fingerprint density at radius 3 is 2.84 bits per heavy atom. The van der Waals surface area contributed by atoms with Gasteiger partial charge in [-0.25, -0.2) is 0 Å². The van der Waals surface area contributed by atoms with Gasteiger partial charge in [0.2, 0.25) is 0 Å². The molecule has 1 aromatic rings. The van der Waals surface area contributed by atoms with Gasteiger partial charge in [0.1, 0.15) is 0 Å². The van der Waals surface area contributed by atoms with E-state index in [-0.39, 0.29) is 0 Å². The van der Waals surface area contributed by atoms with Gasteiger partial charge in [-0.15, -0.1) is 0 Å². The van der Waals surface area contributed by atoms with E-state index in [1.165, 1.54) is 38.6 Å². The van der Waals surface area contributed by atoms with E-state index in [1.807, 2.05) is 0 Å². The van der Waals surface area contributed by atoms with Gasteiger partial charge in [-0.05, 0) is 73.4 Å². The average molecular weight is 255 g/mol. The summed E-state index contributed by atoms with van der Waals surface area (Å²) in [5, 5.41) is 3.88. The lowest BCUT2D eigenvalue weighted by atomic mass is 9.92. The number of fused-ring (bicyclic) bond motifs is 3. The van der Waals surface area contributed by atoms with Crippen molar-refractivity contribution in [3.05, 3.63) is 35.4 Å². The van der Waals surface area contributed by atoms with Gasteiger partial charge >= 0.3 is 0 Å². The summed E-state index contributed by atoms with van der Waals surface area (Å²) in [6.07, 6.45) is 6.96. The minimum atomic E-state index is 0.820. The second-order valence-corrected chi connectivity index (χ2v) is 6.82. The maximum Gasteiger partial charge on any atom is 0.0132 e. The summed E-state index contributed by atoms with van der Waals surface area (Å²) in [6, 6.07) is 10.0. The van der Waals surface area contributed by atoms with Crippen LogP contribution in [-0.2, 0) is 6.42 Å². The molecule has 0 spiro atoms. The molecule has 3 aliphatic rings. The maximum absolute atomic E-state index is 3.88. The molecule has 1 heteroatoms. The van der Waals surface area contributed by atoms with Crippen molar-refractivity contribution in [3.8, 4) is 0 Å². The van der Waals surface area contributed by atoms with E-state index in [0.717, 1.165) is 29.7 Å². The summed E-state index contributed by atoms with van der Waals surface area (Å²) in [7, 11) is 0. The molecule has 19 heavy (non-hydrogen) atoms. The molecule has 102 valence electrons. The first kappa shape index (κ1) is 12.0. The lowest BCUT2D eigenvalue weighted by Crippen LogP contribution is -2.34. The number of nitrogens with one attached hydrogen (secondary N) is 1. The summed E-state index contributed by atoms with van der Waals surface area (Å²) in [4.78, 5) is 0. The normalized spacial score (nSPS) is 33.4. The van der Waals surface area contributed by atoms with Crippen LogP contribution in [0.2, 0.25) is 0 Å². The van der Waals surface area contributed by atoms with E-state index in [1.54, 1.807) is 11.1 Å². The van der Waals surface area contributed by atoms with Crippen molar-refractivity contribution in [1.29, 1.82) is 0 Å². The molecule has 0 aromatic heterocycles. The Balaban J connectivity index is 1.55. The molecule has 0 saturated heterocycles. The first-order valence-corrected chi connectivity index (χ1v) is 8.21. The van der Waals surface area contributed by atoms with Gasteiger partial charge in [-0.1, -0.05) is 31.2 Å². The molecule has 4 unspecified atom stereocenters. The quantitative estimate of drug-likeness (QED) is 0.845. The molecule has 2 saturated carbocycles. The molecule has 2 fully saturated rings. The van der Waals surface area contributed by atoms with Crippen molar-refractivity contribution >= 4 is 0 Å².